The molecular formula is C7H12O2S. The van der Waals surface area contributed by atoms with E-state index in [4.69, 9.17) is 9.47 Å². The largest absolute Gasteiger partial charge is 0.468 e. The number of ether oxygens (including phenoxy) is 2. The summed E-state index contributed by atoms with van der Waals surface area (Å²) in [7, 11) is 1.67. The van der Waals surface area contributed by atoms with Crippen LogP contribution in [-0.4, -0.2) is 19.2 Å². The molecule has 0 saturated carbocycles. The van der Waals surface area contributed by atoms with E-state index in [9.17, 15) is 0 Å². The van der Waals surface area contributed by atoms with E-state index in [1.807, 2.05) is 6.92 Å². The quantitative estimate of drug-likeness (QED) is 0.584. The molecule has 1 heterocycles. The van der Waals surface area contributed by atoms with Crippen LogP contribution in [0.5, 0.6) is 0 Å². The number of allylic oxidation sites excluding steroid dienone is 2. The van der Waals surface area contributed by atoms with Gasteiger partial charge in [-0.15, -0.1) is 11.8 Å². The van der Waals surface area contributed by atoms with Crippen molar-refractivity contribution in [1.29, 1.82) is 0 Å². The van der Waals surface area contributed by atoms with E-state index in [1.165, 1.54) is 4.91 Å². The van der Waals surface area contributed by atoms with Crippen molar-refractivity contribution < 1.29 is 9.47 Å². The fourth-order valence-corrected chi connectivity index (χ4v) is 1.57. The summed E-state index contributed by atoms with van der Waals surface area (Å²) >= 11 is 1.79. The van der Waals surface area contributed by atoms with Gasteiger partial charge >= 0.3 is 0 Å². The average molecular weight is 160 g/mol. The van der Waals surface area contributed by atoms with Gasteiger partial charge in [0.05, 0.1) is 5.75 Å². The highest BCUT2D eigenvalue weighted by molar-refractivity contribution is 8.03. The molecule has 0 bridgehead atoms. The molecule has 0 N–H and O–H groups in total. The van der Waals surface area contributed by atoms with Crippen molar-refractivity contribution in [3.8, 4) is 0 Å². The summed E-state index contributed by atoms with van der Waals surface area (Å²) in [6.07, 6.45) is -0.0475. The molecule has 0 aliphatic carbocycles. The zero-order chi connectivity index (χ0) is 7.56. The average Bonchev–Trinajstić information content (AvgIpc) is 1.95. The number of hydrogen-bond donors (Lipinski definition) is 0. The third-order valence-electron chi connectivity index (χ3n) is 1.50. The highest BCUT2D eigenvalue weighted by atomic mass is 32.2. The second-order valence-corrected chi connectivity index (χ2v) is 3.44. The molecule has 0 radical (unpaired) electrons. The normalized spacial score (nSPS) is 26.5. The van der Waals surface area contributed by atoms with Gasteiger partial charge in [-0.2, -0.15) is 0 Å². The van der Waals surface area contributed by atoms with Crippen LogP contribution >= 0.6 is 11.8 Å². The van der Waals surface area contributed by atoms with Crippen molar-refractivity contribution in [3.63, 3.8) is 0 Å². The Morgan fingerprint density at radius 1 is 1.60 bits per heavy atom. The van der Waals surface area contributed by atoms with Gasteiger partial charge in [0.2, 0.25) is 6.29 Å². The topological polar surface area (TPSA) is 18.5 Å². The van der Waals surface area contributed by atoms with E-state index in [1.54, 1.807) is 18.9 Å². The molecule has 0 fully saturated rings. The molecule has 1 rings (SSSR count). The molecule has 10 heavy (non-hydrogen) atoms. The maximum atomic E-state index is 5.38. The van der Waals surface area contributed by atoms with Crippen LogP contribution in [0.3, 0.4) is 0 Å². The van der Waals surface area contributed by atoms with Gasteiger partial charge < -0.3 is 9.47 Å². The van der Waals surface area contributed by atoms with E-state index in [0.29, 0.717) is 0 Å². The van der Waals surface area contributed by atoms with Gasteiger partial charge in [-0.05, 0) is 13.8 Å². The van der Waals surface area contributed by atoms with Crippen LogP contribution in [0.1, 0.15) is 13.8 Å². The molecule has 0 aromatic rings. The summed E-state index contributed by atoms with van der Waals surface area (Å²) in [5.41, 5.74) is 0. The third-order valence-corrected chi connectivity index (χ3v) is 2.66. The number of thioether (sulfide) groups is 1. The van der Waals surface area contributed by atoms with Crippen LogP contribution in [0.15, 0.2) is 10.7 Å². The molecule has 0 amide bonds. The Bertz CT molecular complexity index is 154. The summed E-state index contributed by atoms with van der Waals surface area (Å²) in [5.74, 6) is 1.89. The van der Waals surface area contributed by atoms with E-state index in [0.717, 1.165) is 11.5 Å². The van der Waals surface area contributed by atoms with Gasteiger partial charge in [0, 0.05) is 12.0 Å². The van der Waals surface area contributed by atoms with E-state index < -0.39 is 0 Å². The fraction of sp³-hybridized carbons (Fsp3) is 0.714. The first-order valence-electron chi connectivity index (χ1n) is 3.23. The van der Waals surface area contributed by atoms with Crippen LogP contribution < -0.4 is 0 Å². The molecule has 2 nitrogen and oxygen atoms in total. The van der Waals surface area contributed by atoms with Crippen LogP contribution in [0.4, 0.5) is 0 Å². The zero-order valence-corrected chi connectivity index (χ0v) is 7.33. The maximum absolute atomic E-state index is 5.38. The lowest BCUT2D eigenvalue weighted by Gasteiger charge is -2.23. The smallest absolute Gasteiger partial charge is 0.208 e. The summed E-state index contributed by atoms with van der Waals surface area (Å²) in [4.78, 5) is 1.26. The van der Waals surface area contributed by atoms with Gasteiger partial charge in [0.25, 0.3) is 0 Å². The fourth-order valence-electron chi connectivity index (χ4n) is 0.725. The first-order chi connectivity index (χ1) is 4.74. The minimum atomic E-state index is -0.0475. The second kappa shape index (κ2) is 3.30. The first kappa shape index (κ1) is 7.95. The van der Waals surface area contributed by atoms with Crippen molar-refractivity contribution in [2.45, 2.75) is 20.1 Å². The molecule has 1 aliphatic heterocycles. The summed E-state index contributed by atoms with van der Waals surface area (Å²) in [5, 5.41) is 0. The maximum Gasteiger partial charge on any atom is 0.208 e. The van der Waals surface area contributed by atoms with Crippen LogP contribution in [-0.2, 0) is 9.47 Å². The Morgan fingerprint density at radius 3 is 2.80 bits per heavy atom. The number of methoxy groups -OCH3 is 1. The van der Waals surface area contributed by atoms with Crippen molar-refractivity contribution >= 4 is 11.8 Å². The highest BCUT2D eigenvalue weighted by Gasteiger charge is 2.16. The Morgan fingerprint density at radius 2 is 2.30 bits per heavy atom. The predicted octanol–water partition coefficient (Wildman–Crippen LogP) is 1.97. The lowest BCUT2D eigenvalue weighted by atomic mass is 10.5. The summed E-state index contributed by atoms with van der Waals surface area (Å²) in [6.45, 7) is 4.03. The molecular weight excluding hydrogens is 148 g/mol. The van der Waals surface area contributed by atoms with Gasteiger partial charge in [-0.3, -0.25) is 0 Å². The van der Waals surface area contributed by atoms with Gasteiger partial charge in [0.15, 0.2) is 0 Å². The summed E-state index contributed by atoms with van der Waals surface area (Å²) in [6, 6.07) is 0. The van der Waals surface area contributed by atoms with Crippen molar-refractivity contribution in [2.24, 2.45) is 0 Å². The van der Waals surface area contributed by atoms with E-state index in [2.05, 4.69) is 6.92 Å². The minimum absolute atomic E-state index is 0.0475. The Balaban J connectivity index is 2.54. The Labute approximate surface area is 65.6 Å². The Hall–Kier alpha value is -0.150. The molecule has 1 atom stereocenters. The number of hydrogen-bond acceptors (Lipinski definition) is 3. The van der Waals surface area contributed by atoms with E-state index in [-0.39, 0.29) is 6.29 Å². The molecule has 0 saturated heterocycles. The number of rotatable bonds is 1. The molecule has 1 aliphatic rings. The monoisotopic (exact) mass is 160 g/mol. The Kier molecular flexibility index (Phi) is 2.63. The standard InChI is InChI=1S/C7H12O2S/c1-5-6(2)10-4-7(8-3)9-5/h7H,4H2,1-3H3. The lowest BCUT2D eigenvalue weighted by Crippen LogP contribution is -2.20. The van der Waals surface area contributed by atoms with Crippen molar-refractivity contribution in [1.82, 2.24) is 0 Å². The SMILES string of the molecule is COC1CSC(C)=C(C)O1. The highest BCUT2D eigenvalue weighted by Crippen LogP contribution is 2.27. The molecule has 3 heteroatoms. The van der Waals surface area contributed by atoms with Crippen LogP contribution in [0, 0.1) is 0 Å². The van der Waals surface area contributed by atoms with Crippen LogP contribution in [0.25, 0.3) is 0 Å². The van der Waals surface area contributed by atoms with Crippen LogP contribution in [0.2, 0.25) is 0 Å². The molecule has 58 valence electrons. The zero-order valence-electron chi connectivity index (χ0n) is 6.51. The molecule has 0 aromatic carbocycles. The van der Waals surface area contributed by atoms with E-state index >= 15 is 0 Å². The van der Waals surface area contributed by atoms with Crippen molar-refractivity contribution in [2.75, 3.05) is 12.9 Å². The van der Waals surface area contributed by atoms with Crippen molar-refractivity contribution in [3.05, 3.63) is 10.7 Å². The van der Waals surface area contributed by atoms with Gasteiger partial charge in [-0.25, -0.2) is 0 Å². The molecule has 1 unspecified atom stereocenters. The second-order valence-electron chi connectivity index (χ2n) is 2.21. The lowest BCUT2D eigenvalue weighted by molar-refractivity contribution is -0.0780. The third kappa shape index (κ3) is 1.67. The minimum Gasteiger partial charge on any atom is -0.468 e. The molecule has 0 spiro atoms. The van der Waals surface area contributed by atoms with Gasteiger partial charge in [-0.1, -0.05) is 0 Å². The summed E-state index contributed by atoms with van der Waals surface area (Å²) < 4.78 is 10.4. The molecule has 0 aromatic heterocycles. The van der Waals surface area contributed by atoms with Gasteiger partial charge in [0.1, 0.15) is 5.76 Å². The first-order valence-corrected chi connectivity index (χ1v) is 4.22. The predicted molar refractivity (Wildman–Crippen MR) is 42.7 cm³/mol.